The summed E-state index contributed by atoms with van der Waals surface area (Å²) in [6.07, 6.45) is -4.75. The predicted molar refractivity (Wildman–Crippen MR) is 95.3 cm³/mol. The largest absolute Gasteiger partial charge is 0.405 e. The third kappa shape index (κ3) is 6.23. The second-order valence-corrected chi connectivity index (χ2v) is 6.05. The molecule has 0 atom stereocenters. The van der Waals surface area contributed by atoms with Crippen molar-refractivity contribution in [3.05, 3.63) is 68.7 Å². The maximum Gasteiger partial charge on any atom is 0.405 e. The Labute approximate surface area is 161 Å². The Morgan fingerprint density at radius 1 is 1.11 bits per heavy atom. The van der Waals surface area contributed by atoms with Crippen LogP contribution in [-0.2, 0) is 11.2 Å². The summed E-state index contributed by atoms with van der Waals surface area (Å²) in [6, 6.07) is 9.23. The number of nitro benzene ring substituents is 1. The highest BCUT2D eigenvalue weighted by Gasteiger charge is 2.27. The topological polar surface area (TPSA) is 101 Å². The molecule has 0 aliphatic carbocycles. The lowest BCUT2D eigenvalue weighted by molar-refractivity contribution is -0.384. The van der Waals surface area contributed by atoms with Crippen molar-refractivity contribution in [3.8, 4) is 0 Å². The van der Waals surface area contributed by atoms with E-state index in [0.717, 1.165) is 12.1 Å². The van der Waals surface area contributed by atoms with Crippen LogP contribution in [0, 0.1) is 10.1 Å². The van der Waals surface area contributed by atoms with Crippen LogP contribution in [0.5, 0.6) is 0 Å². The van der Waals surface area contributed by atoms with Crippen molar-refractivity contribution in [2.24, 2.45) is 0 Å². The van der Waals surface area contributed by atoms with Crippen molar-refractivity contribution in [2.75, 3.05) is 11.9 Å². The maximum absolute atomic E-state index is 12.3. The van der Waals surface area contributed by atoms with Crippen LogP contribution in [0.3, 0.4) is 0 Å². The first kappa shape index (κ1) is 21.2. The van der Waals surface area contributed by atoms with Crippen molar-refractivity contribution in [2.45, 2.75) is 12.6 Å². The molecule has 0 saturated carbocycles. The maximum atomic E-state index is 12.3. The molecule has 2 aromatic rings. The Hall–Kier alpha value is -3.14. The summed E-state index contributed by atoms with van der Waals surface area (Å²) in [7, 11) is 0. The monoisotopic (exact) mass is 415 g/mol. The van der Waals surface area contributed by atoms with Gasteiger partial charge in [0.2, 0.25) is 5.91 Å². The van der Waals surface area contributed by atoms with E-state index in [1.807, 2.05) is 0 Å². The van der Waals surface area contributed by atoms with Crippen molar-refractivity contribution in [3.63, 3.8) is 0 Å². The first-order valence-corrected chi connectivity index (χ1v) is 8.10. The van der Waals surface area contributed by atoms with Gasteiger partial charge in [-0.15, -0.1) is 0 Å². The van der Waals surface area contributed by atoms with Crippen molar-refractivity contribution in [1.29, 1.82) is 0 Å². The Bertz CT molecular complexity index is 902. The number of carbonyl (C=O) groups excluding carboxylic acids is 2. The summed E-state index contributed by atoms with van der Waals surface area (Å²) in [5.41, 5.74) is 0.360. The van der Waals surface area contributed by atoms with Crippen molar-refractivity contribution in [1.82, 2.24) is 5.32 Å². The van der Waals surface area contributed by atoms with Gasteiger partial charge < -0.3 is 10.6 Å². The van der Waals surface area contributed by atoms with E-state index in [0.29, 0.717) is 11.3 Å². The minimum atomic E-state index is -4.49. The van der Waals surface area contributed by atoms with Crippen LogP contribution >= 0.6 is 11.6 Å². The molecule has 0 unspecified atom stereocenters. The quantitative estimate of drug-likeness (QED) is 0.554. The Morgan fingerprint density at radius 3 is 2.32 bits per heavy atom. The van der Waals surface area contributed by atoms with Gasteiger partial charge in [-0.05, 0) is 23.8 Å². The van der Waals surface area contributed by atoms with Gasteiger partial charge in [0.1, 0.15) is 6.54 Å². The van der Waals surface area contributed by atoms with E-state index in [-0.39, 0.29) is 22.7 Å². The molecular weight excluding hydrogens is 403 g/mol. The van der Waals surface area contributed by atoms with E-state index >= 15 is 0 Å². The van der Waals surface area contributed by atoms with E-state index in [4.69, 9.17) is 11.6 Å². The van der Waals surface area contributed by atoms with Gasteiger partial charge >= 0.3 is 6.18 Å². The molecule has 0 heterocycles. The second kappa shape index (κ2) is 8.70. The van der Waals surface area contributed by atoms with Gasteiger partial charge in [0.05, 0.1) is 21.9 Å². The van der Waals surface area contributed by atoms with Gasteiger partial charge in [-0.25, -0.2) is 0 Å². The number of nitrogens with one attached hydrogen (secondary N) is 2. The fourth-order valence-electron chi connectivity index (χ4n) is 2.15. The van der Waals surface area contributed by atoms with Crippen LogP contribution in [0.1, 0.15) is 15.9 Å². The molecule has 2 aromatic carbocycles. The molecule has 0 aliphatic rings. The number of alkyl halides is 3. The molecule has 0 spiro atoms. The summed E-state index contributed by atoms with van der Waals surface area (Å²) in [5.74, 6) is -1.47. The molecule has 2 N–H and O–H groups in total. The number of hydrogen-bond acceptors (Lipinski definition) is 4. The van der Waals surface area contributed by atoms with Crippen LogP contribution in [-0.4, -0.2) is 29.5 Å². The number of halogens is 4. The second-order valence-electron chi connectivity index (χ2n) is 5.64. The number of nitro groups is 1. The summed E-state index contributed by atoms with van der Waals surface area (Å²) < 4.78 is 36.2. The zero-order chi connectivity index (χ0) is 20.9. The number of rotatable bonds is 6. The van der Waals surface area contributed by atoms with Crippen LogP contribution in [0.2, 0.25) is 5.02 Å². The summed E-state index contributed by atoms with van der Waals surface area (Å²) >= 11 is 5.90. The first-order valence-electron chi connectivity index (χ1n) is 7.73. The minimum absolute atomic E-state index is 0.0288. The molecule has 28 heavy (non-hydrogen) atoms. The van der Waals surface area contributed by atoms with E-state index < -0.39 is 29.5 Å². The Morgan fingerprint density at radius 2 is 1.75 bits per heavy atom. The lowest BCUT2D eigenvalue weighted by atomic mass is 10.1. The van der Waals surface area contributed by atoms with Gasteiger partial charge in [-0.2, -0.15) is 13.2 Å². The molecule has 7 nitrogen and oxygen atoms in total. The molecule has 148 valence electrons. The first-order chi connectivity index (χ1) is 13.0. The van der Waals surface area contributed by atoms with Crippen LogP contribution in [0.15, 0.2) is 42.5 Å². The standard InChI is InChI=1S/C17H13ClF3N3O4/c18-14-6-5-12(24(27)28)8-13(14)16(26)23-11-3-1-10(2-4-11)7-15(25)22-9-17(19,20)21/h1-6,8H,7,9H2,(H,22,25)(H,23,26). The SMILES string of the molecule is O=C(Cc1ccc(NC(=O)c2cc([N+](=O)[O-])ccc2Cl)cc1)NCC(F)(F)F. The average molecular weight is 416 g/mol. The van der Waals surface area contributed by atoms with Crippen LogP contribution in [0.25, 0.3) is 0 Å². The number of benzene rings is 2. The molecule has 0 bridgehead atoms. The van der Waals surface area contributed by atoms with Crippen molar-refractivity contribution >= 4 is 34.8 Å². The number of non-ortho nitro benzene ring substituents is 1. The molecule has 0 fully saturated rings. The highest BCUT2D eigenvalue weighted by atomic mass is 35.5. The van der Waals surface area contributed by atoms with Crippen molar-refractivity contribution < 1.29 is 27.7 Å². The molecule has 2 rings (SSSR count). The summed E-state index contributed by atoms with van der Waals surface area (Å²) in [5, 5.41) is 15.1. The Balaban J connectivity index is 2.01. The van der Waals surface area contributed by atoms with E-state index in [2.05, 4.69) is 5.32 Å². The summed E-state index contributed by atoms with van der Waals surface area (Å²) in [6.45, 7) is -1.41. The van der Waals surface area contributed by atoms with Crippen LogP contribution in [0.4, 0.5) is 24.5 Å². The highest BCUT2D eigenvalue weighted by Crippen LogP contribution is 2.23. The number of carbonyl (C=O) groups is 2. The van der Waals surface area contributed by atoms with E-state index in [1.165, 1.54) is 30.3 Å². The van der Waals surface area contributed by atoms with Gasteiger partial charge in [-0.1, -0.05) is 23.7 Å². The Kier molecular flexibility index (Phi) is 6.57. The number of anilines is 1. The third-order valence-corrected chi connectivity index (χ3v) is 3.80. The lowest BCUT2D eigenvalue weighted by Crippen LogP contribution is -2.34. The molecule has 11 heteroatoms. The van der Waals surface area contributed by atoms with Gasteiger partial charge in [0.25, 0.3) is 11.6 Å². The predicted octanol–water partition coefficient (Wildman–Crippen LogP) is 3.72. The lowest BCUT2D eigenvalue weighted by Gasteiger charge is -2.09. The molecular formula is C17H13ClF3N3O4. The van der Waals surface area contributed by atoms with Gasteiger partial charge in [0, 0.05) is 17.8 Å². The average Bonchev–Trinajstić information content (AvgIpc) is 2.61. The molecule has 0 aliphatic heterocycles. The highest BCUT2D eigenvalue weighted by molar-refractivity contribution is 6.34. The number of hydrogen-bond donors (Lipinski definition) is 2. The molecule has 2 amide bonds. The zero-order valence-corrected chi connectivity index (χ0v) is 14.8. The van der Waals surface area contributed by atoms with Gasteiger partial charge in [0.15, 0.2) is 0 Å². The number of amides is 2. The van der Waals surface area contributed by atoms with E-state index in [9.17, 15) is 32.9 Å². The molecule has 0 radical (unpaired) electrons. The van der Waals surface area contributed by atoms with Gasteiger partial charge in [-0.3, -0.25) is 19.7 Å². The minimum Gasteiger partial charge on any atom is -0.347 e. The van der Waals surface area contributed by atoms with E-state index in [1.54, 1.807) is 5.32 Å². The fraction of sp³-hybridized carbons (Fsp3) is 0.176. The molecule has 0 aromatic heterocycles. The third-order valence-electron chi connectivity index (χ3n) is 3.47. The number of nitrogens with zero attached hydrogens (tertiary/aromatic N) is 1. The zero-order valence-electron chi connectivity index (χ0n) is 14.0. The smallest absolute Gasteiger partial charge is 0.347 e. The fourth-order valence-corrected chi connectivity index (χ4v) is 2.36. The molecule has 0 saturated heterocycles. The van der Waals surface area contributed by atoms with Crippen LogP contribution < -0.4 is 10.6 Å². The summed E-state index contributed by atoms with van der Waals surface area (Å²) in [4.78, 5) is 33.9. The normalized spacial score (nSPS) is 11.0.